The lowest BCUT2D eigenvalue weighted by Crippen LogP contribution is -2.45. The molecular weight excluding hydrogens is 286 g/mol. The minimum absolute atomic E-state index is 0.112. The third-order valence-corrected chi connectivity index (χ3v) is 4.39. The molecule has 2 saturated heterocycles. The van der Waals surface area contributed by atoms with Crippen molar-refractivity contribution in [1.82, 2.24) is 4.90 Å². The van der Waals surface area contributed by atoms with Gasteiger partial charge < -0.3 is 19.1 Å². The second kappa shape index (κ2) is 7.24. The largest absolute Gasteiger partial charge is 0.452 e. The van der Waals surface area contributed by atoms with E-state index >= 15 is 0 Å². The van der Waals surface area contributed by atoms with Crippen LogP contribution >= 0.6 is 0 Å². The van der Waals surface area contributed by atoms with Crippen LogP contribution in [0.3, 0.4) is 0 Å². The Morgan fingerprint density at radius 2 is 2.00 bits per heavy atom. The summed E-state index contributed by atoms with van der Waals surface area (Å²) in [5.41, 5.74) is 0. The summed E-state index contributed by atoms with van der Waals surface area (Å²) in [6.45, 7) is 2.21. The first kappa shape index (κ1) is 15.5. The molecule has 0 bridgehead atoms. The van der Waals surface area contributed by atoms with Gasteiger partial charge in [-0.05, 0) is 25.2 Å². The van der Waals surface area contributed by atoms with Crippen LogP contribution in [-0.4, -0.2) is 55.5 Å². The Labute approximate surface area is 130 Å². The third-order valence-electron chi connectivity index (χ3n) is 4.39. The zero-order valence-electron chi connectivity index (χ0n) is 12.7. The summed E-state index contributed by atoms with van der Waals surface area (Å²) in [6.07, 6.45) is 7.30. The maximum Gasteiger partial charge on any atom is 0.306 e. The third kappa shape index (κ3) is 3.87. The molecule has 3 aliphatic rings. The van der Waals surface area contributed by atoms with Crippen molar-refractivity contribution >= 4 is 11.9 Å². The van der Waals surface area contributed by atoms with Gasteiger partial charge in [-0.25, -0.2) is 0 Å². The van der Waals surface area contributed by atoms with Crippen LogP contribution in [-0.2, 0) is 23.8 Å². The molecule has 1 aliphatic carbocycles. The number of carbonyl (C=O) groups is 2. The normalized spacial score (nSPS) is 28.8. The van der Waals surface area contributed by atoms with Gasteiger partial charge >= 0.3 is 5.97 Å². The fourth-order valence-corrected chi connectivity index (χ4v) is 3.18. The van der Waals surface area contributed by atoms with Crippen LogP contribution < -0.4 is 0 Å². The Kier molecular flexibility index (Phi) is 5.10. The van der Waals surface area contributed by atoms with E-state index in [1.807, 2.05) is 0 Å². The molecule has 1 amide bonds. The second-order valence-corrected chi connectivity index (χ2v) is 6.08. The Hall–Kier alpha value is -1.40. The van der Waals surface area contributed by atoms with Crippen LogP contribution in [0.4, 0.5) is 0 Å². The molecule has 0 unspecified atom stereocenters. The number of esters is 1. The number of amides is 1. The number of allylic oxidation sites excluding steroid dienone is 2. The highest BCUT2D eigenvalue weighted by Crippen LogP contribution is 2.23. The van der Waals surface area contributed by atoms with Gasteiger partial charge in [-0.2, -0.15) is 0 Å². The Morgan fingerprint density at radius 3 is 2.64 bits per heavy atom. The van der Waals surface area contributed by atoms with Crippen molar-refractivity contribution in [3.05, 3.63) is 12.2 Å². The standard InChI is InChI=1S/C16H23NO5/c18-14-7-6-13(22-14)16(19)17(11-15-20-8-9-21-15)10-12-4-2-1-3-5-12/h1-2,12-13,15H,3-11H2/t12-,13-/m0/s1. The number of hydrogen-bond acceptors (Lipinski definition) is 5. The highest BCUT2D eigenvalue weighted by molar-refractivity contribution is 5.86. The number of rotatable bonds is 5. The van der Waals surface area contributed by atoms with Crippen molar-refractivity contribution < 1.29 is 23.8 Å². The van der Waals surface area contributed by atoms with Crippen molar-refractivity contribution in [2.45, 2.75) is 44.5 Å². The van der Waals surface area contributed by atoms with Gasteiger partial charge in [0.15, 0.2) is 12.4 Å². The van der Waals surface area contributed by atoms with Crippen molar-refractivity contribution in [2.24, 2.45) is 5.92 Å². The summed E-state index contributed by atoms with van der Waals surface area (Å²) in [7, 11) is 0. The van der Waals surface area contributed by atoms with Crippen LogP contribution in [0.2, 0.25) is 0 Å². The molecule has 6 heteroatoms. The first-order valence-corrected chi connectivity index (χ1v) is 8.09. The molecule has 0 radical (unpaired) electrons. The monoisotopic (exact) mass is 309 g/mol. The van der Waals surface area contributed by atoms with E-state index in [0.717, 1.165) is 19.3 Å². The fraction of sp³-hybridized carbons (Fsp3) is 0.750. The predicted molar refractivity (Wildman–Crippen MR) is 77.9 cm³/mol. The Morgan fingerprint density at radius 1 is 1.18 bits per heavy atom. The Balaban J connectivity index is 1.62. The lowest BCUT2D eigenvalue weighted by atomic mass is 9.93. The fourth-order valence-electron chi connectivity index (χ4n) is 3.18. The maximum absolute atomic E-state index is 12.7. The molecule has 22 heavy (non-hydrogen) atoms. The molecule has 2 atom stereocenters. The zero-order chi connectivity index (χ0) is 15.4. The van der Waals surface area contributed by atoms with Gasteiger partial charge in [0.25, 0.3) is 5.91 Å². The molecule has 0 aromatic carbocycles. The van der Waals surface area contributed by atoms with Crippen LogP contribution in [0, 0.1) is 5.92 Å². The number of cyclic esters (lactones) is 1. The van der Waals surface area contributed by atoms with Crippen LogP contribution in [0.5, 0.6) is 0 Å². The maximum atomic E-state index is 12.7. The topological polar surface area (TPSA) is 65.1 Å². The second-order valence-electron chi connectivity index (χ2n) is 6.08. The van der Waals surface area contributed by atoms with Crippen LogP contribution in [0.1, 0.15) is 32.1 Å². The van der Waals surface area contributed by atoms with E-state index in [9.17, 15) is 9.59 Å². The van der Waals surface area contributed by atoms with E-state index in [1.165, 1.54) is 0 Å². The van der Waals surface area contributed by atoms with Crippen molar-refractivity contribution in [3.8, 4) is 0 Å². The van der Waals surface area contributed by atoms with E-state index in [1.54, 1.807) is 4.90 Å². The van der Waals surface area contributed by atoms with Gasteiger partial charge in [0.1, 0.15) is 0 Å². The van der Waals surface area contributed by atoms with Gasteiger partial charge in [-0.15, -0.1) is 0 Å². The Bertz CT molecular complexity index is 444. The molecule has 0 saturated carbocycles. The minimum Gasteiger partial charge on any atom is -0.452 e. The number of nitrogens with zero attached hydrogens (tertiary/aromatic N) is 1. The number of carbonyl (C=O) groups excluding carboxylic acids is 2. The highest BCUT2D eigenvalue weighted by Gasteiger charge is 2.35. The lowest BCUT2D eigenvalue weighted by molar-refractivity contribution is -0.156. The average Bonchev–Trinajstić information content (AvgIpc) is 3.18. The van der Waals surface area contributed by atoms with E-state index in [4.69, 9.17) is 14.2 Å². The summed E-state index contributed by atoms with van der Waals surface area (Å²) >= 11 is 0. The highest BCUT2D eigenvalue weighted by atomic mass is 16.7. The summed E-state index contributed by atoms with van der Waals surface area (Å²) < 4.78 is 16.1. The molecule has 6 nitrogen and oxygen atoms in total. The average molecular weight is 309 g/mol. The molecule has 122 valence electrons. The van der Waals surface area contributed by atoms with Crippen molar-refractivity contribution in [3.63, 3.8) is 0 Å². The summed E-state index contributed by atoms with van der Waals surface area (Å²) in [6, 6.07) is 0. The minimum atomic E-state index is -0.631. The summed E-state index contributed by atoms with van der Waals surface area (Å²) in [5, 5.41) is 0. The van der Waals surface area contributed by atoms with Crippen LogP contribution in [0.25, 0.3) is 0 Å². The van der Waals surface area contributed by atoms with Gasteiger partial charge in [0.05, 0.1) is 19.8 Å². The molecular formula is C16H23NO5. The predicted octanol–water partition coefficient (Wildman–Crippen LogP) is 1.25. The zero-order valence-corrected chi connectivity index (χ0v) is 12.7. The van der Waals surface area contributed by atoms with Crippen molar-refractivity contribution in [2.75, 3.05) is 26.3 Å². The van der Waals surface area contributed by atoms with Gasteiger partial charge in [0.2, 0.25) is 0 Å². The molecule has 0 N–H and O–H groups in total. The molecule has 0 spiro atoms. The lowest BCUT2D eigenvalue weighted by Gasteiger charge is -2.31. The van der Waals surface area contributed by atoms with E-state index in [-0.39, 0.29) is 18.2 Å². The van der Waals surface area contributed by atoms with Gasteiger partial charge in [-0.1, -0.05) is 12.2 Å². The van der Waals surface area contributed by atoms with Gasteiger partial charge in [0, 0.05) is 19.4 Å². The summed E-state index contributed by atoms with van der Waals surface area (Å²) in [5.74, 6) is 0.0548. The SMILES string of the molecule is O=C1CC[C@@H](C(=O)N(CC2OCCO2)C[C@H]2CC=CCC2)O1. The smallest absolute Gasteiger partial charge is 0.306 e. The first-order chi connectivity index (χ1) is 10.7. The molecule has 3 rings (SSSR count). The van der Waals surface area contributed by atoms with Crippen molar-refractivity contribution in [1.29, 1.82) is 0 Å². The number of hydrogen-bond donors (Lipinski definition) is 0. The molecule has 0 aromatic rings. The van der Waals surface area contributed by atoms with E-state index in [2.05, 4.69) is 12.2 Å². The molecule has 0 aromatic heterocycles. The summed E-state index contributed by atoms with van der Waals surface area (Å²) in [4.78, 5) is 25.7. The molecule has 2 aliphatic heterocycles. The quantitative estimate of drug-likeness (QED) is 0.565. The van der Waals surface area contributed by atoms with E-state index in [0.29, 0.717) is 45.1 Å². The van der Waals surface area contributed by atoms with Crippen LogP contribution in [0.15, 0.2) is 12.2 Å². The first-order valence-electron chi connectivity index (χ1n) is 8.09. The number of ether oxygens (including phenoxy) is 3. The van der Waals surface area contributed by atoms with E-state index < -0.39 is 6.10 Å². The molecule has 2 heterocycles. The molecule has 2 fully saturated rings. The van der Waals surface area contributed by atoms with Gasteiger partial charge in [-0.3, -0.25) is 9.59 Å².